The van der Waals surface area contributed by atoms with Gasteiger partial charge in [-0.05, 0) is 26.1 Å². The highest BCUT2D eigenvalue weighted by atomic mass is 16.5. The summed E-state index contributed by atoms with van der Waals surface area (Å²) in [7, 11) is 2.00. The number of piperazine rings is 1. The van der Waals surface area contributed by atoms with Crippen LogP contribution in [-0.2, 0) is 9.53 Å². The normalized spacial score (nSPS) is 15.4. The molecule has 1 N–H and O–H groups in total. The molecule has 0 atom stereocenters. The molecule has 0 saturated carbocycles. The van der Waals surface area contributed by atoms with Gasteiger partial charge in [0.2, 0.25) is 0 Å². The summed E-state index contributed by atoms with van der Waals surface area (Å²) in [5, 5.41) is 12.2. The second kappa shape index (κ2) is 8.85. The molecule has 1 aliphatic heterocycles. The van der Waals surface area contributed by atoms with Gasteiger partial charge in [-0.3, -0.25) is 4.79 Å². The maximum absolute atomic E-state index is 12.5. The van der Waals surface area contributed by atoms with Crippen LogP contribution in [0.3, 0.4) is 0 Å². The highest BCUT2D eigenvalue weighted by Gasteiger charge is 2.22. The molecule has 25 heavy (non-hydrogen) atoms. The molecule has 0 aromatic heterocycles. The summed E-state index contributed by atoms with van der Waals surface area (Å²) in [6.07, 6.45) is 1.35. The number of ether oxygens (including phenoxy) is 1. The molecular formula is C18H22N4O3. The van der Waals surface area contributed by atoms with Gasteiger partial charge in [0.1, 0.15) is 11.6 Å². The molecule has 1 amide bonds. The Morgan fingerprint density at radius 2 is 1.96 bits per heavy atom. The van der Waals surface area contributed by atoms with Crippen molar-refractivity contribution in [2.45, 2.75) is 6.92 Å². The number of anilines is 1. The molecule has 0 unspecified atom stereocenters. The van der Waals surface area contributed by atoms with Gasteiger partial charge in [0.25, 0.3) is 5.91 Å². The summed E-state index contributed by atoms with van der Waals surface area (Å²) in [6.45, 7) is 4.75. The zero-order valence-corrected chi connectivity index (χ0v) is 14.5. The predicted octanol–water partition coefficient (Wildman–Crippen LogP) is 1.46. The van der Waals surface area contributed by atoms with Crippen molar-refractivity contribution in [3.8, 4) is 6.07 Å². The van der Waals surface area contributed by atoms with E-state index >= 15 is 0 Å². The first-order chi connectivity index (χ1) is 12.1. The van der Waals surface area contributed by atoms with Crippen molar-refractivity contribution in [3.05, 3.63) is 41.6 Å². The molecular weight excluding hydrogens is 320 g/mol. The fourth-order valence-electron chi connectivity index (χ4n) is 2.47. The highest BCUT2D eigenvalue weighted by molar-refractivity contribution is 5.99. The van der Waals surface area contributed by atoms with E-state index in [4.69, 9.17) is 4.74 Å². The predicted molar refractivity (Wildman–Crippen MR) is 93.8 cm³/mol. The number of benzene rings is 1. The van der Waals surface area contributed by atoms with Crippen molar-refractivity contribution in [1.29, 1.82) is 5.26 Å². The summed E-state index contributed by atoms with van der Waals surface area (Å²) in [5.41, 5.74) is 0.841. The lowest BCUT2D eigenvalue weighted by Gasteiger charge is -2.32. The minimum atomic E-state index is -0.456. The Labute approximate surface area is 147 Å². The van der Waals surface area contributed by atoms with Crippen LogP contribution in [-0.4, -0.2) is 61.5 Å². The smallest absolute Gasteiger partial charge is 0.340 e. The SMILES string of the molecule is CCOC(=O)c1ccccc1N/C=C(/C#N)C(=O)N1CCN(C)CC1. The fourth-order valence-corrected chi connectivity index (χ4v) is 2.47. The topological polar surface area (TPSA) is 85.7 Å². The van der Waals surface area contributed by atoms with E-state index in [1.54, 1.807) is 36.1 Å². The van der Waals surface area contributed by atoms with Crippen molar-refractivity contribution < 1.29 is 14.3 Å². The number of para-hydroxylation sites is 1. The zero-order valence-electron chi connectivity index (χ0n) is 14.5. The first-order valence-electron chi connectivity index (χ1n) is 8.17. The Kier molecular flexibility index (Phi) is 6.54. The standard InChI is InChI=1S/C18H22N4O3/c1-3-25-18(24)15-6-4-5-7-16(15)20-13-14(12-19)17(23)22-10-8-21(2)9-11-22/h4-7,13,20H,3,8-11H2,1-2H3/b14-13-. The molecule has 132 valence electrons. The van der Waals surface area contributed by atoms with E-state index in [-0.39, 0.29) is 18.1 Å². The summed E-state index contributed by atoms with van der Waals surface area (Å²) >= 11 is 0. The van der Waals surface area contributed by atoms with Gasteiger partial charge in [-0.1, -0.05) is 12.1 Å². The number of amides is 1. The monoisotopic (exact) mass is 342 g/mol. The molecule has 0 bridgehead atoms. The van der Waals surface area contributed by atoms with E-state index in [0.717, 1.165) is 13.1 Å². The molecule has 1 saturated heterocycles. The molecule has 1 aliphatic rings. The molecule has 2 rings (SSSR count). The van der Waals surface area contributed by atoms with Gasteiger partial charge in [-0.25, -0.2) is 4.79 Å². The van der Waals surface area contributed by atoms with Crippen LogP contribution in [0.5, 0.6) is 0 Å². The van der Waals surface area contributed by atoms with Crippen LogP contribution < -0.4 is 5.32 Å². The van der Waals surface area contributed by atoms with E-state index in [9.17, 15) is 14.9 Å². The fraction of sp³-hybridized carbons (Fsp3) is 0.389. The van der Waals surface area contributed by atoms with Gasteiger partial charge < -0.3 is 19.9 Å². The number of carbonyl (C=O) groups is 2. The van der Waals surface area contributed by atoms with Crippen molar-refractivity contribution in [3.63, 3.8) is 0 Å². The lowest BCUT2D eigenvalue weighted by molar-refractivity contribution is -0.128. The van der Waals surface area contributed by atoms with Crippen LogP contribution >= 0.6 is 0 Å². The number of esters is 1. The maximum Gasteiger partial charge on any atom is 0.340 e. The van der Waals surface area contributed by atoms with Gasteiger partial charge in [-0.2, -0.15) is 5.26 Å². The summed E-state index contributed by atoms with van der Waals surface area (Å²) in [6, 6.07) is 8.73. The van der Waals surface area contributed by atoms with Crippen molar-refractivity contribution in [2.75, 3.05) is 45.2 Å². The molecule has 1 aromatic carbocycles. The molecule has 7 heteroatoms. The number of nitrogens with zero attached hydrogens (tertiary/aromatic N) is 3. The van der Waals surface area contributed by atoms with Gasteiger partial charge >= 0.3 is 5.97 Å². The Morgan fingerprint density at radius 3 is 2.60 bits per heavy atom. The van der Waals surface area contributed by atoms with Crippen LogP contribution in [0.1, 0.15) is 17.3 Å². The molecule has 0 spiro atoms. The molecule has 1 aromatic rings. The lowest BCUT2D eigenvalue weighted by Crippen LogP contribution is -2.47. The quantitative estimate of drug-likeness (QED) is 0.495. The number of carbonyl (C=O) groups excluding carboxylic acids is 2. The Balaban J connectivity index is 2.12. The number of rotatable bonds is 5. The van der Waals surface area contributed by atoms with Gasteiger partial charge in [0, 0.05) is 32.4 Å². The Morgan fingerprint density at radius 1 is 1.28 bits per heavy atom. The number of nitriles is 1. The van der Waals surface area contributed by atoms with Crippen LogP contribution in [0.4, 0.5) is 5.69 Å². The van der Waals surface area contributed by atoms with E-state index in [1.807, 2.05) is 13.1 Å². The minimum Gasteiger partial charge on any atom is -0.462 e. The molecule has 1 fully saturated rings. The number of likely N-dealkylation sites (N-methyl/N-ethyl adjacent to an activating group) is 1. The third kappa shape index (κ3) is 4.81. The number of hydrogen-bond donors (Lipinski definition) is 1. The summed E-state index contributed by atoms with van der Waals surface area (Å²) in [4.78, 5) is 28.2. The Hall–Kier alpha value is -2.85. The van der Waals surface area contributed by atoms with Crippen LogP contribution in [0, 0.1) is 11.3 Å². The van der Waals surface area contributed by atoms with Gasteiger partial charge in [0.15, 0.2) is 0 Å². The molecule has 0 radical (unpaired) electrons. The number of nitrogens with one attached hydrogen (secondary N) is 1. The number of hydrogen-bond acceptors (Lipinski definition) is 6. The van der Waals surface area contributed by atoms with Crippen LogP contribution in [0.15, 0.2) is 36.0 Å². The first-order valence-corrected chi connectivity index (χ1v) is 8.17. The zero-order chi connectivity index (χ0) is 18.2. The Bertz CT molecular complexity index is 701. The van der Waals surface area contributed by atoms with Crippen LogP contribution in [0.2, 0.25) is 0 Å². The highest BCUT2D eigenvalue weighted by Crippen LogP contribution is 2.17. The van der Waals surface area contributed by atoms with Crippen molar-refractivity contribution >= 4 is 17.6 Å². The third-order valence-electron chi connectivity index (χ3n) is 3.94. The average molecular weight is 342 g/mol. The van der Waals surface area contributed by atoms with E-state index < -0.39 is 5.97 Å². The minimum absolute atomic E-state index is 0.00298. The molecule has 0 aliphatic carbocycles. The first kappa shape index (κ1) is 18.5. The van der Waals surface area contributed by atoms with Crippen molar-refractivity contribution in [2.24, 2.45) is 0 Å². The van der Waals surface area contributed by atoms with Crippen molar-refractivity contribution in [1.82, 2.24) is 9.80 Å². The second-order valence-electron chi connectivity index (χ2n) is 5.68. The van der Waals surface area contributed by atoms with E-state index in [2.05, 4.69) is 10.2 Å². The maximum atomic E-state index is 12.5. The largest absolute Gasteiger partial charge is 0.462 e. The summed E-state index contributed by atoms with van der Waals surface area (Å²) in [5.74, 6) is -0.764. The van der Waals surface area contributed by atoms with E-state index in [0.29, 0.717) is 24.3 Å². The molecule has 1 heterocycles. The van der Waals surface area contributed by atoms with Crippen LogP contribution in [0.25, 0.3) is 0 Å². The average Bonchev–Trinajstić information content (AvgIpc) is 2.63. The second-order valence-corrected chi connectivity index (χ2v) is 5.68. The van der Waals surface area contributed by atoms with Gasteiger partial charge in [-0.15, -0.1) is 0 Å². The van der Waals surface area contributed by atoms with E-state index in [1.165, 1.54) is 6.20 Å². The third-order valence-corrected chi connectivity index (χ3v) is 3.94. The lowest BCUT2D eigenvalue weighted by atomic mass is 10.1. The molecule has 7 nitrogen and oxygen atoms in total. The summed E-state index contributed by atoms with van der Waals surface area (Å²) < 4.78 is 5.01. The van der Waals surface area contributed by atoms with Gasteiger partial charge in [0.05, 0.1) is 17.9 Å².